The molecule has 2 aliphatic rings. The van der Waals surface area contributed by atoms with Crippen LogP contribution in [0.25, 0.3) is 0 Å². The Morgan fingerprint density at radius 1 is 1.21 bits per heavy atom. The fourth-order valence-corrected chi connectivity index (χ4v) is 2.65. The molecule has 108 valence electrons. The van der Waals surface area contributed by atoms with Gasteiger partial charge in [0.05, 0.1) is 0 Å². The molecule has 0 unspecified atom stereocenters. The molecule has 2 fully saturated rings. The van der Waals surface area contributed by atoms with Crippen molar-refractivity contribution in [1.29, 1.82) is 0 Å². The van der Waals surface area contributed by atoms with Gasteiger partial charge in [-0.05, 0) is 32.7 Å². The van der Waals surface area contributed by atoms with Gasteiger partial charge in [0, 0.05) is 45.1 Å². The van der Waals surface area contributed by atoms with Gasteiger partial charge in [-0.3, -0.25) is 9.59 Å². The molecule has 0 aromatic rings. The van der Waals surface area contributed by atoms with Gasteiger partial charge in [0.15, 0.2) is 0 Å². The largest absolute Gasteiger partial charge is 0.355 e. The van der Waals surface area contributed by atoms with Crippen LogP contribution in [0.4, 0.5) is 0 Å². The van der Waals surface area contributed by atoms with Crippen LogP contribution in [0.2, 0.25) is 0 Å². The lowest BCUT2D eigenvalue weighted by Crippen LogP contribution is -2.43. The highest BCUT2D eigenvalue weighted by molar-refractivity contribution is 5.79. The zero-order valence-electron chi connectivity index (χ0n) is 12.0. The average Bonchev–Trinajstić information content (AvgIpc) is 3.23. The molecule has 0 spiro atoms. The molecule has 1 aliphatic carbocycles. The fourth-order valence-electron chi connectivity index (χ4n) is 2.65. The van der Waals surface area contributed by atoms with Gasteiger partial charge in [-0.15, -0.1) is 0 Å². The molecule has 0 bridgehead atoms. The third kappa shape index (κ3) is 4.20. The summed E-state index contributed by atoms with van der Waals surface area (Å²) in [5.41, 5.74) is 0. The topological polar surface area (TPSA) is 52.7 Å². The van der Waals surface area contributed by atoms with Crippen molar-refractivity contribution in [3.63, 3.8) is 0 Å². The Hall–Kier alpha value is -1.10. The van der Waals surface area contributed by atoms with E-state index in [-0.39, 0.29) is 17.7 Å². The third-order valence-corrected chi connectivity index (χ3v) is 4.25. The molecule has 1 saturated heterocycles. The van der Waals surface area contributed by atoms with Crippen molar-refractivity contribution >= 4 is 11.8 Å². The van der Waals surface area contributed by atoms with Gasteiger partial charge in [0.1, 0.15) is 0 Å². The van der Waals surface area contributed by atoms with Crippen molar-refractivity contribution in [2.24, 2.45) is 5.92 Å². The number of hydrogen-bond acceptors (Lipinski definition) is 3. The van der Waals surface area contributed by atoms with Crippen LogP contribution in [-0.2, 0) is 9.59 Å². The van der Waals surface area contributed by atoms with Gasteiger partial charge in [-0.2, -0.15) is 0 Å². The van der Waals surface area contributed by atoms with Gasteiger partial charge < -0.3 is 15.1 Å². The highest BCUT2D eigenvalue weighted by Gasteiger charge is 2.27. The first-order chi connectivity index (χ1) is 9.08. The number of amides is 2. The quantitative estimate of drug-likeness (QED) is 0.787. The molecule has 2 amide bonds. The van der Waals surface area contributed by atoms with Gasteiger partial charge in [-0.25, -0.2) is 0 Å². The van der Waals surface area contributed by atoms with E-state index in [1.54, 1.807) is 6.92 Å². The molecule has 0 aromatic carbocycles. The number of hydrogen-bond donors (Lipinski definition) is 1. The second-order valence-corrected chi connectivity index (χ2v) is 5.78. The zero-order valence-corrected chi connectivity index (χ0v) is 12.0. The summed E-state index contributed by atoms with van der Waals surface area (Å²) in [5.74, 6) is 0.360. The monoisotopic (exact) mass is 267 g/mol. The van der Waals surface area contributed by atoms with Crippen molar-refractivity contribution in [2.75, 3.05) is 33.2 Å². The maximum absolute atomic E-state index is 12.0. The molecule has 0 aromatic heterocycles. The predicted octanol–water partition coefficient (Wildman–Crippen LogP) is 0.455. The summed E-state index contributed by atoms with van der Waals surface area (Å²) < 4.78 is 0. The molecule has 5 heteroatoms. The van der Waals surface area contributed by atoms with Crippen molar-refractivity contribution in [2.45, 2.75) is 38.6 Å². The predicted molar refractivity (Wildman–Crippen MR) is 73.6 cm³/mol. The first kappa shape index (κ1) is 14.3. The summed E-state index contributed by atoms with van der Waals surface area (Å²) in [7, 11) is 2.12. The number of likely N-dealkylation sites (N-methyl/N-ethyl adjacent to an activating group) is 1. The average molecular weight is 267 g/mol. The molecule has 1 aliphatic heterocycles. The highest BCUT2D eigenvalue weighted by atomic mass is 16.2. The number of rotatable bonds is 5. The first-order valence-corrected chi connectivity index (χ1v) is 7.31. The smallest absolute Gasteiger partial charge is 0.223 e. The van der Waals surface area contributed by atoms with Crippen LogP contribution in [-0.4, -0.2) is 60.9 Å². The van der Waals surface area contributed by atoms with Crippen molar-refractivity contribution < 1.29 is 9.59 Å². The molecule has 1 heterocycles. The van der Waals surface area contributed by atoms with Crippen molar-refractivity contribution in [1.82, 2.24) is 15.1 Å². The molecular formula is C14H25N3O2. The molecule has 0 atom stereocenters. The molecule has 1 N–H and O–H groups in total. The van der Waals surface area contributed by atoms with Crippen LogP contribution < -0.4 is 5.32 Å². The normalized spacial score (nSPS) is 20.7. The van der Waals surface area contributed by atoms with E-state index in [4.69, 9.17) is 0 Å². The second-order valence-electron chi connectivity index (χ2n) is 5.78. The van der Waals surface area contributed by atoms with Crippen LogP contribution in [0.15, 0.2) is 0 Å². The van der Waals surface area contributed by atoms with Gasteiger partial charge >= 0.3 is 0 Å². The van der Waals surface area contributed by atoms with Crippen molar-refractivity contribution in [3.8, 4) is 0 Å². The number of piperidine rings is 1. The maximum Gasteiger partial charge on any atom is 0.223 e. The molecule has 19 heavy (non-hydrogen) atoms. The molecule has 5 nitrogen and oxygen atoms in total. The summed E-state index contributed by atoms with van der Waals surface area (Å²) in [6, 6.07) is 0.746. The van der Waals surface area contributed by atoms with Crippen LogP contribution in [0.5, 0.6) is 0 Å². The Labute approximate surface area is 115 Å². The van der Waals surface area contributed by atoms with E-state index in [0.717, 1.165) is 45.1 Å². The minimum Gasteiger partial charge on any atom is -0.355 e. The number of likely N-dealkylation sites (tertiary alicyclic amines) is 1. The standard InChI is InChI=1S/C14H25N3O2/c1-11(18)17-8-5-12(6-9-17)14(19)15-7-10-16(2)13-3-4-13/h12-13H,3-10H2,1-2H3,(H,15,19). The Bertz CT molecular complexity index is 334. The Balaban J connectivity index is 1.62. The van der Waals surface area contributed by atoms with E-state index in [0.29, 0.717) is 0 Å². The number of nitrogens with zero attached hydrogens (tertiary/aromatic N) is 2. The summed E-state index contributed by atoms with van der Waals surface area (Å²) in [6.07, 6.45) is 4.19. The zero-order chi connectivity index (χ0) is 13.8. The summed E-state index contributed by atoms with van der Waals surface area (Å²) in [4.78, 5) is 27.4. The second kappa shape index (κ2) is 6.37. The fraction of sp³-hybridized carbons (Fsp3) is 0.857. The number of carbonyl (C=O) groups is 2. The van der Waals surface area contributed by atoms with E-state index in [1.165, 1.54) is 12.8 Å². The third-order valence-electron chi connectivity index (χ3n) is 4.25. The van der Waals surface area contributed by atoms with E-state index in [2.05, 4.69) is 17.3 Å². The van der Waals surface area contributed by atoms with Crippen LogP contribution >= 0.6 is 0 Å². The first-order valence-electron chi connectivity index (χ1n) is 7.31. The lowest BCUT2D eigenvalue weighted by atomic mass is 9.96. The van der Waals surface area contributed by atoms with Crippen LogP contribution in [0, 0.1) is 5.92 Å². The minimum atomic E-state index is 0.0850. The van der Waals surface area contributed by atoms with E-state index >= 15 is 0 Å². The molecule has 2 rings (SSSR count). The van der Waals surface area contributed by atoms with E-state index in [1.807, 2.05) is 4.90 Å². The number of carbonyl (C=O) groups excluding carboxylic acids is 2. The van der Waals surface area contributed by atoms with Gasteiger partial charge in [-0.1, -0.05) is 0 Å². The lowest BCUT2D eigenvalue weighted by Gasteiger charge is -2.30. The maximum atomic E-state index is 12.0. The Morgan fingerprint density at radius 3 is 2.37 bits per heavy atom. The van der Waals surface area contributed by atoms with Crippen molar-refractivity contribution in [3.05, 3.63) is 0 Å². The SMILES string of the molecule is CC(=O)N1CCC(C(=O)NCCN(C)C2CC2)CC1. The molecule has 1 saturated carbocycles. The summed E-state index contributed by atoms with van der Waals surface area (Å²) >= 11 is 0. The summed E-state index contributed by atoms with van der Waals surface area (Å²) in [6.45, 7) is 4.69. The van der Waals surface area contributed by atoms with Crippen LogP contribution in [0.1, 0.15) is 32.6 Å². The van der Waals surface area contributed by atoms with E-state index in [9.17, 15) is 9.59 Å². The van der Waals surface area contributed by atoms with Crippen LogP contribution in [0.3, 0.4) is 0 Å². The molecular weight excluding hydrogens is 242 g/mol. The lowest BCUT2D eigenvalue weighted by molar-refractivity contribution is -0.133. The Kier molecular flexibility index (Phi) is 4.80. The minimum absolute atomic E-state index is 0.0850. The highest BCUT2D eigenvalue weighted by Crippen LogP contribution is 2.24. The Morgan fingerprint density at radius 2 is 1.84 bits per heavy atom. The molecule has 0 radical (unpaired) electrons. The van der Waals surface area contributed by atoms with E-state index < -0.39 is 0 Å². The van der Waals surface area contributed by atoms with Gasteiger partial charge in [0.2, 0.25) is 11.8 Å². The number of nitrogens with one attached hydrogen (secondary N) is 1. The summed E-state index contributed by atoms with van der Waals surface area (Å²) in [5, 5.41) is 3.03. The van der Waals surface area contributed by atoms with Gasteiger partial charge in [0.25, 0.3) is 0 Å².